The lowest BCUT2D eigenvalue weighted by molar-refractivity contribution is -0.858. The molecule has 0 saturated carbocycles. The van der Waals surface area contributed by atoms with Crippen LogP contribution < -0.4 is 4.90 Å². The maximum atomic E-state index is 12.9. The molecule has 0 spiro atoms. The van der Waals surface area contributed by atoms with Crippen LogP contribution in [0.3, 0.4) is 0 Å². The van der Waals surface area contributed by atoms with Crippen LogP contribution in [0.2, 0.25) is 0 Å². The Hall–Kier alpha value is -2.44. The number of ketones is 1. The van der Waals surface area contributed by atoms with Gasteiger partial charge in [-0.05, 0) is 36.9 Å². The van der Waals surface area contributed by atoms with E-state index >= 15 is 0 Å². The van der Waals surface area contributed by atoms with E-state index in [-0.39, 0.29) is 11.3 Å². The average Bonchev–Trinajstić information content (AvgIpc) is 3.25. The van der Waals surface area contributed by atoms with Crippen LogP contribution in [0, 0.1) is 13.8 Å². The Balaban J connectivity index is 2.09. The predicted molar refractivity (Wildman–Crippen MR) is 112 cm³/mol. The van der Waals surface area contributed by atoms with Crippen molar-refractivity contribution in [2.45, 2.75) is 26.3 Å². The zero-order valence-corrected chi connectivity index (χ0v) is 17.6. The number of aliphatic hydroxyl groups is 1. The van der Waals surface area contributed by atoms with Gasteiger partial charge < -0.3 is 14.9 Å². The second-order valence-electron chi connectivity index (χ2n) is 7.64. The number of likely N-dealkylation sites (tertiary alicyclic amines) is 1. The summed E-state index contributed by atoms with van der Waals surface area (Å²) in [6, 6.07) is 9.03. The fraction of sp³-hybridized carbons (Fsp3) is 0.364. The van der Waals surface area contributed by atoms with Gasteiger partial charge in [-0.1, -0.05) is 23.8 Å². The highest BCUT2D eigenvalue weighted by Crippen LogP contribution is 2.41. The van der Waals surface area contributed by atoms with Gasteiger partial charge in [0.1, 0.15) is 5.76 Å². The minimum absolute atomic E-state index is 0.0846. The van der Waals surface area contributed by atoms with E-state index in [0.29, 0.717) is 12.1 Å². The second kappa shape index (κ2) is 8.29. The van der Waals surface area contributed by atoms with Crippen molar-refractivity contribution in [1.82, 2.24) is 4.90 Å². The van der Waals surface area contributed by atoms with Crippen molar-refractivity contribution in [2.75, 3.05) is 27.2 Å². The topological polar surface area (TPSA) is 62.0 Å². The molecule has 1 atom stereocenters. The quantitative estimate of drug-likeness (QED) is 0.445. The van der Waals surface area contributed by atoms with E-state index in [4.69, 9.17) is 0 Å². The first-order valence-corrected chi connectivity index (χ1v) is 10.4. The minimum atomic E-state index is -0.603. The first-order valence-electron chi connectivity index (χ1n) is 9.49. The van der Waals surface area contributed by atoms with Gasteiger partial charge in [0.15, 0.2) is 0 Å². The number of benzene rings is 1. The smallest absolute Gasteiger partial charge is 0.295 e. The molecule has 148 valence electrons. The third-order valence-corrected chi connectivity index (χ3v) is 6.00. The Morgan fingerprint density at radius 2 is 1.96 bits per heavy atom. The lowest BCUT2D eigenvalue weighted by Gasteiger charge is -2.24. The van der Waals surface area contributed by atoms with Gasteiger partial charge in [-0.25, -0.2) is 0 Å². The maximum Gasteiger partial charge on any atom is 0.295 e. The highest BCUT2D eigenvalue weighted by atomic mass is 32.1. The lowest BCUT2D eigenvalue weighted by Crippen LogP contribution is -3.05. The summed E-state index contributed by atoms with van der Waals surface area (Å²) in [6.45, 7) is 5.22. The van der Waals surface area contributed by atoms with E-state index in [1.165, 1.54) is 16.2 Å². The van der Waals surface area contributed by atoms with E-state index in [1.54, 1.807) is 4.90 Å². The van der Waals surface area contributed by atoms with Crippen molar-refractivity contribution in [1.29, 1.82) is 0 Å². The molecule has 0 aliphatic carbocycles. The van der Waals surface area contributed by atoms with E-state index in [2.05, 4.69) is 14.1 Å². The number of quaternary nitrogens is 1. The van der Waals surface area contributed by atoms with E-state index in [1.807, 2.05) is 49.6 Å². The number of aryl methyl sites for hydroxylation is 2. The number of hydrogen-bond acceptors (Lipinski definition) is 4. The Kier molecular flexibility index (Phi) is 6.01. The summed E-state index contributed by atoms with van der Waals surface area (Å²) in [7, 11) is 4.12. The fourth-order valence-corrected chi connectivity index (χ4v) is 4.44. The van der Waals surface area contributed by atoms with Gasteiger partial charge in [-0.2, -0.15) is 0 Å². The molecule has 1 fully saturated rings. The van der Waals surface area contributed by atoms with Crippen LogP contribution in [-0.4, -0.2) is 48.9 Å². The molecule has 5 nitrogen and oxygen atoms in total. The number of nitrogens with one attached hydrogen (secondary N) is 1. The summed E-state index contributed by atoms with van der Waals surface area (Å²) < 4.78 is 0. The number of amides is 1. The highest BCUT2D eigenvalue weighted by molar-refractivity contribution is 7.10. The van der Waals surface area contributed by atoms with Crippen LogP contribution in [0.1, 0.15) is 34.0 Å². The maximum absolute atomic E-state index is 12.9. The van der Waals surface area contributed by atoms with Gasteiger partial charge in [-0.15, -0.1) is 11.3 Å². The molecule has 0 radical (unpaired) electrons. The summed E-state index contributed by atoms with van der Waals surface area (Å²) in [6.07, 6.45) is 0.792. The molecule has 1 aliphatic heterocycles. The van der Waals surface area contributed by atoms with Gasteiger partial charge >= 0.3 is 0 Å². The molecular formula is C22H27N2O3S+. The number of carbonyl (C=O) groups is 2. The first-order chi connectivity index (χ1) is 13.3. The third-order valence-electron chi connectivity index (χ3n) is 5.08. The fourth-order valence-electron chi connectivity index (χ4n) is 3.59. The Morgan fingerprint density at radius 1 is 1.21 bits per heavy atom. The predicted octanol–water partition coefficient (Wildman–Crippen LogP) is 2.32. The molecule has 2 aromatic rings. The van der Waals surface area contributed by atoms with Crippen molar-refractivity contribution in [3.05, 3.63) is 62.9 Å². The molecule has 6 heteroatoms. The standard InChI is InChI=1S/C22H26N2O3S/c1-14-8-9-15(2)16(13-14)20(25)18-19(17-7-5-12-28-17)24(22(27)21(18)26)11-6-10-23(3)4/h5,7-9,12-13,19,25H,6,10-11H2,1-4H3/p+1/t19-/m0/s1. The SMILES string of the molecule is Cc1ccc(C)c(C(O)=C2C(=O)C(=O)N(CCC[NH+](C)C)[C@H]2c2cccs2)c1. The average molecular weight is 400 g/mol. The van der Waals surface area contributed by atoms with E-state index in [9.17, 15) is 14.7 Å². The molecule has 0 unspecified atom stereocenters. The van der Waals surface area contributed by atoms with Crippen LogP contribution in [0.15, 0.2) is 41.3 Å². The minimum Gasteiger partial charge on any atom is -0.507 e. The molecule has 0 bridgehead atoms. The van der Waals surface area contributed by atoms with Crippen LogP contribution in [0.5, 0.6) is 0 Å². The van der Waals surface area contributed by atoms with Gasteiger partial charge in [0.05, 0.1) is 32.3 Å². The Morgan fingerprint density at radius 3 is 2.61 bits per heavy atom. The molecule has 2 heterocycles. The van der Waals surface area contributed by atoms with Crippen LogP contribution in [-0.2, 0) is 9.59 Å². The first kappa shape index (κ1) is 20.3. The molecule has 1 aromatic carbocycles. The molecule has 1 aliphatic rings. The molecule has 1 amide bonds. The zero-order valence-electron chi connectivity index (χ0n) is 16.8. The van der Waals surface area contributed by atoms with Crippen molar-refractivity contribution >= 4 is 28.8 Å². The molecule has 1 aromatic heterocycles. The number of aliphatic hydroxyl groups excluding tert-OH is 1. The normalized spacial score (nSPS) is 19.0. The Bertz CT molecular complexity index is 916. The van der Waals surface area contributed by atoms with Gasteiger partial charge in [0, 0.05) is 23.4 Å². The lowest BCUT2D eigenvalue weighted by atomic mass is 9.96. The number of rotatable bonds is 6. The van der Waals surface area contributed by atoms with Crippen molar-refractivity contribution in [3.63, 3.8) is 0 Å². The Labute approximate surface area is 169 Å². The number of thiophene rings is 1. The summed E-state index contributed by atoms with van der Waals surface area (Å²) in [5, 5.41) is 13.0. The summed E-state index contributed by atoms with van der Waals surface area (Å²) in [5.74, 6) is -1.22. The summed E-state index contributed by atoms with van der Waals surface area (Å²) in [5.41, 5.74) is 2.66. The van der Waals surface area contributed by atoms with Crippen LogP contribution in [0.4, 0.5) is 0 Å². The zero-order chi connectivity index (χ0) is 20.4. The molecule has 3 rings (SSSR count). The monoisotopic (exact) mass is 399 g/mol. The van der Waals surface area contributed by atoms with Crippen molar-refractivity contribution in [2.24, 2.45) is 0 Å². The molecule has 2 N–H and O–H groups in total. The van der Waals surface area contributed by atoms with Crippen molar-refractivity contribution in [3.8, 4) is 0 Å². The van der Waals surface area contributed by atoms with Crippen molar-refractivity contribution < 1.29 is 19.6 Å². The summed E-state index contributed by atoms with van der Waals surface area (Å²) >= 11 is 1.49. The number of hydrogen-bond donors (Lipinski definition) is 2. The van der Waals surface area contributed by atoms with E-state index < -0.39 is 17.7 Å². The third kappa shape index (κ3) is 3.88. The van der Waals surface area contributed by atoms with Gasteiger partial charge in [0.2, 0.25) is 0 Å². The van der Waals surface area contributed by atoms with Gasteiger partial charge in [0.25, 0.3) is 11.7 Å². The number of carbonyl (C=O) groups excluding carboxylic acids is 2. The summed E-state index contributed by atoms with van der Waals surface area (Å²) in [4.78, 5) is 29.5. The molecule has 28 heavy (non-hydrogen) atoms. The number of Topliss-reactive ketones (excluding diaryl/α,β-unsaturated/α-hetero) is 1. The highest BCUT2D eigenvalue weighted by Gasteiger charge is 2.46. The van der Waals surface area contributed by atoms with Crippen LogP contribution >= 0.6 is 11.3 Å². The second-order valence-corrected chi connectivity index (χ2v) is 8.62. The van der Waals surface area contributed by atoms with Crippen LogP contribution in [0.25, 0.3) is 5.76 Å². The molecular weight excluding hydrogens is 372 g/mol. The van der Waals surface area contributed by atoms with E-state index in [0.717, 1.165) is 29.0 Å². The van der Waals surface area contributed by atoms with Gasteiger partial charge in [-0.3, -0.25) is 9.59 Å². The largest absolute Gasteiger partial charge is 0.507 e. The number of nitrogens with zero attached hydrogens (tertiary/aromatic N) is 1. The molecule has 1 saturated heterocycles.